The van der Waals surface area contributed by atoms with Crippen molar-refractivity contribution >= 4 is 25.3 Å². The first kappa shape index (κ1) is 20.5. The van der Waals surface area contributed by atoms with Crippen molar-refractivity contribution in [1.29, 1.82) is 0 Å². The van der Waals surface area contributed by atoms with Crippen LogP contribution in [0.4, 0.5) is 0 Å². The van der Waals surface area contributed by atoms with Gasteiger partial charge in [-0.25, -0.2) is 0 Å². The van der Waals surface area contributed by atoms with Crippen molar-refractivity contribution in [1.82, 2.24) is 0 Å². The Balaban J connectivity index is 2.32. The van der Waals surface area contributed by atoms with E-state index in [9.17, 15) is 0 Å². The Kier molecular flexibility index (Phi) is 14.0. The molecule has 6 nitrogen and oxygen atoms in total. The molecule has 0 N–H and O–H groups in total. The molecule has 0 aromatic rings. The van der Waals surface area contributed by atoms with Gasteiger partial charge < -0.3 is 28.4 Å². The third-order valence-corrected chi connectivity index (χ3v) is 3.73. The first-order valence-corrected chi connectivity index (χ1v) is 8.91. The van der Waals surface area contributed by atoms with E-state index in [1.165, 1.54) is 0 Å². The average Bonchev–Trinajstić information content (AvgIpc) is 2.54. The summed E-state index contributed by atoms with van der Waals surface area (Å²) in [5.41, 5.74) is 0. The van der Waals surface area contributed by atoms with Gasteiger partial charge in [-0.05, 0) is 6.42 Å². The molecule has 2 unspecified atom stereocenters. The van der Waals surface area contributed by atoms with Crippen LogP contribution in [0, 0.1) is 0 Å². The monoisotopic (exact) mass is 356 g/mol. The van der Waals surface area contributed by atoms with Gasteiger partial charge in [0.1, 0.15) is 6.79 Å². The molecule has 8 heteroatoms. The fraction of sp³-hybridized carbons (Fsp3) is 1.00. The predicted octanol–water partition coefficient (Wildman–Crippen LogP) is 1.04. The van der Waals surface area contributed by atoms with E-state index < -0.39 is 0 Å². The summed E-state index contributed by atoms with van der Waals surface area (Å²) in [4.78, 5) is 0. The Hall–Kier alpha value is 0.460. The van der Waals surface area contributed by atoms with Crippen LogP contribution < -0.4 is 0 Å². The molecule has 0 aromatic heterocycles. The lowest BCUT2D eigenvalue weighted by Gasteiger charge is -2.25. The normalized spacial score (nSPS) is 28.6. The second-order valence-corrected chi connectivity index (χ2v) is 5.43. The van der Waals surface area contributed by atoms with E-state index in [4.69, 9.17) is 28.4 Å². The summed E-state index contributed by atoms with van der Waals surface area (Å²) in [6, 6.07) is 0. The van der Waals surface area contributed by atoms with Gasteiger partial charge in [0, 0.05) is 18.1 Å². The van der Waals surface area contributed by atoms with Crippen molar-refractivity contribution in [2.24, 2.45) is 0 Å². The minimum Gasteiger partial charge on any atom is -0.377 e. The quantitative estimate of drug-likeness (QED) is 0.721. The first-order chi connectivity index (χ1) is 10.9. The van der Waals surface area contributed by atoms with Gasteiger partial charge in [-0.3, -0.25) is 0 Å². The minimum atomic E-state index is -0.0937. The molecule has 0 spiro atoms. The lowest BCUT2D eigenvalue weighted by Crippen LogP contribution is -2.36. The molecule has 22 heavy (non-hydrogen) atoms. The lowest BCUT2D eigenvalue weighted by atomic mass is 10.2. The molecule has 0 amide bonds. The highest BCUT2D eigenvalue weighted by Crippen LogP contribution is 2.09. The van der Waals surface area contributed by atoms with Gasteiger partial charge in [-0.2, -0.15) is 25.3 Å². The van der Waals surface area contributed by atoms with Gasteiger partial charge >= 0.3 is 0 Å². The second kappa shape index (κ2) is 15.0. The van der Waals surface area contributed by atoms with Gasteiger partial charge in [0.2, 0.25) is 0 Å². The molecule has 0 radical (unpaired) electrons. The van der Waals surface area contributed by atoms with E-state index in [1.807, 2.05) is 0 Å². The molecule has 0 aromatic carbocycles. The highest BCUT2D eigenvalue weighted by atomic mass is 32.1. The van der Waals surface area contributed by atoms with Crippen molar-refractivity contribution in [2.45, 2.75) is 18.6 Å². The molecule has 1 aliphatic rings. The Morgan fingerprint density at radius 3 is 1.73 bits per heavy atom. The number of hydrogen-bond acceptors (Lipinski definition) is 8. The van der Waals surface area contributed by atoms with E-state index in [0.29, 0.717) is 64.4 Å². The zero-order valence-electron chi connectivity index (χ0n) is 13.0. The van der Waals surface area contributed by atoms with Gasteiger partial charge in [0.05, 0.1) is 58.5 Å². The molecule has 0 bridgehead atoms. The smallest absolute Gasteiger partial charge is 0.146 e. The van der Waals surface area contributed by atoms with Crippen molar-refractivity contribution < 1.29 is 28.4 Å². The standard InChI is InChI=1S/C14H28O6S2/c21-10-13-14(11-22)20-9-8-16-5-4-15-6-7-18-12-17-2-1-3-19-13/h13-14,21-22H,1-12H2. The van der Waals surface area contributed by atoms with E-state index in [1.54, 1.807) is 0 Å². The van der Waals surface area contributed by atoms with Gasteiger partial charge in [0.25, 0.3) is 0 Å². The van der Waals surface area contributed by atoms with Crippen molar-refractivity contribution in [3.05, 3.63) is 0 Å². The molecule has 132 valence electrons. The van der Waals surface area contributed by atoms with Crippen LogP contribution in [0.3, 0.4) is 0 Å². The Labute approximate surface area is 143 Å². The molecule has 1 fully saturated rings. The summed E-state index contributed by atoms with van der Waals surface area (Å²) in [5, 5.41) is 0. The number of thiol groups is 2. The van der Waals surface area contributed by atoms with Crippen LogP contribution in [-0.4, -0.2) is 83.4 Å². The molecule has 0 aliphatic carbocycles. The fourth-order valence-corrected chi connectivity index (χ4v) is 2.51. The van der Waals surface area contributed by atoms with Gasteiger partial charge in [0.15, 0.2) is 0 Å². The fourth-order valence-electron chi connectivity index (χ4n) is 1.83. The topological polar surface area (TPSA) is 55.4 Å². The molecule has 1 rings (SSSR count). The Morgan fingerprint density at radius 2 is 1.09 bits per heavy atom. The summed E-state index contributed by atoms with van der Waals surface area (Å²) in [5.74, 6) is 1.17. The van der Waals surface area contributed by atoms with Crippen LogP contribution in [-0.2, 0) is 28.4 Å². The third-order valence-electron chi connectivity index (χ3n) is 3.01. The maximum absolute atomic E-state index is 5.81. The molecular weight excluding hydrogens is 328 g/mol. The molecular formula is C14H28O6S2. The van der Waals surface area contributed by atoms with E-state index >= 15 is 0 Å². The third kappa shape index (κ3) is 10.3. The Morgan fingerprint density at radius 1 is 0.591 bits per heavy atom. The zero-order valence-corrected chi connectivity index (χ0v) is 14.8. The van der Waals surface area contributed by atoms with Crippen molar-refractivity contribution in [3.63, 3.8) is 0 Å². The summed E-state index contributed by atoms with van der Waals surface area (Å²) in [6.45, 7) is 4.64. The van der Waals surface area contributed by atoms with E-state index in [-0.39, 0.29) is 19.0 Å². The molecule has 0 saturated carbocycles. The highest BCUT2D eigenvalue weighted by molar-refractivity contribution is 7.80. The van der Waals surface area contributed by atoms with Crippen LogP contribution in [0.25, 0.3) is 0 Å². The van der Waals surface area contributed by atoms with E-state index in [2.05, 4.69) is 25.3 Å². The first-order valence-electron chi connectivity index (χ1n) is 7.64. The van der Waals surface area contributed by atoms with Crippen LogP contribution in [0.5, 0.6) is 0 Å². The molecule has 2 atom stereocenters. The molecule has 1 heterocycles. The molecule has 1 aliphatic heterocycles. The summed E-state index contributed by atoms with van der Waals surface area (Å²) in [7, 11) is 0. The van der Waals surface area contributed by atoms with Crippen LogP contribution in [0.2, 0.25) is 0 Å². The number of ether oxygens (including phenoxy) is 6. The largest absolute Gasteiger partial charge is 0.377 e. The Bertz CT molecular complexity index is 223. The number of rotatable bonds is 2. The van der Waals surface area contributed by atoms with Crippen molar-refractivity contribution in [3.8, 4) is 0 Å². The lowest BCUT2D eigenvalue weighted by molar-refractivity contribution is -0.0926. The summed E-state index contributed by atoms with van der Waals surface area (Å²) < 4.78 is 33.0. The van der Waals surface area contributed by atoms with Gasteiger partial charge in [-0.1, -0.05) is 0 Å². The number of hydrogen-bond donors (Lipinski definition) is 2. The summed E-state index contributed by atoms with van der Waals surface area (Å²) >= 11 is 8.65. The van der Waals surface area contributed by atoms with Gasteiger partial charge in [-0.15, -0.1) is 0 Å². The maximum Gasteiger partial charge on any atom is 0.146 e. The maximum atomic E-state index is 5.81. The minimum absolute atomic E-state index is 0.0840. The van der Waals surface area contributed by atoms with E-state index in [0.717, 1.165) is 6.42 Å². The predicted molar refractivity (Wildman–Crippen MR) is 90.2 cm³/mol. The van der Waals surface area contributed by atoms with Crippen molar-refractivity contribution in [2.75, 3.05) is 71.2 Å². The van der Waals surface area contributed by atoms with Crippen LogP contribution >= 0.6 is 25.3 Å². The summed E-state index contributed by atoms with van der Waals surface area (Å²) in [6.07, 6.45) is 0.620. The van der Waals surface area contributed by atoms with Crippen LogP contribution in [0.1, 0.15) is 6.42 Å². The zero-order chi connectivity index (χ0) is 15.9. The average molecular weight is 357 g/mol. The molecule has 1 saturated heterocycles. The second-order valence-electron chi connectivity index (χ2n) is 4.70. The highest BCUT2D eigenvalue weighted by Gasteiger charge is 2.20. The van der Waals surface area contributed by atoms with Crippen LogP contribution in [0.15, 0.2) is 0 Å². The SMILES string of the molecule is SCC1OCCCOCOCCOCCOCCOC1CS.